The van der Waals surface area contributed by atoms with Gasteiger partial charge in [0.15, 0.2) is 0 Å². The summed E-state index contributed by atoms with van der Waals surface area (Å²) in [6, 6.07) is 8.09. The maximum atomic E-state index is 11.8. The van der Waals surface area contributed by atoms with Crippen molar-refractivity contribution in [2.75, 3.05) is 31.2 Å². The second kappa shape index (κ2) is 5.95. The first-order valence-electron chi connectivity index (χ1n) is 6.40. The second-order valence-corrected chi connectivity index (χ2v) is 6.23. The highest BCUT2D eigenvalue weighted by atomic mass is 32.2. The summed E-state index contributed by atoms with van der Waals surface area (Å²) in [6.07, 6.45) is 1.91. The van der Waals surface area contributed by atoms with Crippen molar-refractivity contribution in [2.45, 2.75) is 0 Å². The third-order valence-corrected chi connectivity index (χ3v) is 4.38. The number of thioether (sulfide) groups is 1. The fourth-order valence-corrected chi connectivity index (χ4v) is 3.30. The number of anilines is 1. The molecule has 20 heavy (non-hydrogen) atoms. The van der Waals surface area contributed by atoms with Crippen LogP contribution in [-0.2, 0) is 9.53 Å². The Morgan fingerprint density at radius 1 is 1.30 bits per heavy atom. The second-order valence-electron chi connectivity index (χ2n) is 4.51. The Morgan fingerprint density at radius 3 is 2.75 bits per heavy atom. The van der Waals surface area contributed by atoms with Gasteiger partial charge in [0, 0.05) is 18.8 Å². The zero-order valence-corrected chi connectivity index (χ0v) is 12.4. The van der Waals surface area contributed by atoms with Gasteiger partial charge < -0.3 is 15.0 Å². The number of hydrogen-bond donors (Lipinski definition) is 1. The van der Waals surface area contributed by atoms with Crippen molar-refractivity contribution in [3.8, 4) is 0 Å². The molecule has 0 radical (unpaired) electrons. The van der Waals surface area contributed by atoms with E-state index < -0.39 is 0 Å². The lowest BCUT2D eigenvalue weighted by atomic mass is 10.1. The van der Waals surface area contributed by atoms with Gasteiger partial charge in [-0.2, -0.15) is 0 Å². The molecule has 6 heteroatoms. The van der Waals surface area contributed by atoms with Gasteiger partial charge in [-0.15, -0.1) is 0 Å². The number of benzene rings is 1. The number of carbonyl (C=O) groups excluding carboxylic acids is 1. The highest BCUT2D eigenvalue weighted by Crippen LogP contribution is 2.30. The molecule has 1 N–H and O–H groups in total. The molecule has 3 rings (SSSR count). The molecule has 1 amide bonds. The van der Waals surface area contributed by atoms with E-state index in [1.165, 1.54) is 11.8 Å². The predicted octanol–water partition coefficient (Wildman–Crippen LogP) is 2.01. The number of rotatable bonds is 2. The van der Waals surface area contributed by atoms with Gasteiger partial charge in [-0.05, 0) is 17.7 Å². The molecule has 0 spiro atoms. The molecule has 0 aliphatic carbocycles. The fraction of sp³-hybridized carbons (Fsp3) is 0.286. The van der Waals surface area contributed by atoms with Crippen molar-refractivity contribution in [1.82, 2.24) is 5.32 Å². The molecule has 0 atom stereocenters. The molecule has 2 heterocycles. The van der Waals surface area contributed by atoms with E-state index in [9.17, 15) is 4.79 Å². The molecule has 1 aromatic rings. The number of carbonyl (C=O) groups is 1. The first-order chi connectivity index (χ1) is 9.74. The quantitative estimate of drug-likeness (QED) is 0.669. The molecule has 0 saturated carbocycles. The van der Waals surface area contributed by atoms with Crippen molar-refractivity contribution in [1.29, 1.82) is 0 Å². The maximum Gasteiger partial charge on any atom is 0.263 e. The van der Waals surface area contributed by atoms with Crippen molar-refractivity contribution >= 4 is 46.0 Å². The van der Waals surface area contributed by atoms with E-state index in [1.54, 1.807) is 0 Å². The monoisotopic (exact) mass is 306 g/mol. The third kappa shape index (κ3) is 2.87. The molecule has 0 bridgehead atoms. The van der Waals surface area contributed by atoms with Gasteiger partial charge in [0.1, 0.15) is 4.32 Å². The minimum Gasteiger partial charge on any atom is -0.378 e. The summed E-state index contributed by atoms with van der Waals surface area (Å²) < 4.78 is 5.90. The van der Waals surface area contributed by atoms with E-state index in [-0.39, 0.29) is 5.91 Å². The number of hydrogen-bond acceptors (Lipinski definition) is 5. The molecule has 2 aliphatic heterocycles. The van der Waals surface area contributed by atoms with Crippen LogP contribution in [0.15, 0.2) is 29.2 Å². The van der Waals surface area contributed by atoms with Crippen LogP contribution in [0.1, 0.15) is 5.56 Å². The van der Waals surface area contributed by atoms with E-state index >= 15 is 0 Å². The standard InChI is InChI=1S/C14H14N2O2S2/c17-13-12(20-14(19)15-13)9-10-3-1-2-4-11(10)16-5-7-18-8-6-16/h1-4,9H,5-8H2,(H,15,17,19)/b12-9-. The number of ether oxygens (including phenoxy) is 1. The Hall–Kier alpha value is -1.37. The summed E-state index contributed by atoms with van der Waals surface area (Å²) in [5.74, 6) is -0.114. The van der Waals surface area contributed by atoms with Gasteiger partial charge in [-0.3, -0.25) is 4.79 Å². The topological polar surface area (TPSA) is 41.6 Å². The van der Waals surface area contributed by atoms with Crippen LogP contribution in [0.25, 0.3) is 6.08 Å². The molecule has 104 valence electrons. The first kappa shape index (κ1) is 13.6. The van der Waals surface area contributed by atoms with Crippen LogP contribution in [0.2, 0.25) is 0 Å². The van der Waals surface area contributed by atoms with Crippen LogP contribution in [-0.4, -0.2) is 36.5 Å². The summed E-state index contributed by atoms with van der Waals surface area (Å²) in [6.45, 7) is 3.23. The van der Waals surface area contributed by atoms with E-state index in [1.807, 2.05) is 24.3 Å². The first-order valence-corrected chi connectivity index (χ1v) is 7.63. The summed E-state index contributed by atoms with van der Waals surface area (Å²) in [5, 5.41) is 2.64. The van der Waals surface area contributed by atoms with Gasteiger partial charge in [0.2, 0.25) is 0 Å². The highest BCUT2D eigenvalue weighted by Gasteiger charge is 2.23. The van der Waals surface area contributed by atoms with Crippen molar-refractivity contribution < 1.29 is 9.53 Å². The average molecular weight is 306 g/mol. The van der Waals surface area contributed by atoms with Gasteiger partial charge >= 0.3 is 0 Å². The van der Waals surface area contributed by atoms with Crippen LogP contribution >= 0.6 is 24.0 Å². The van der Waals surface area contributed by atoms with E-state index in [4.69, 9.17) is 17.0 Å². The fourth-order valence-electron chi connectivity index (χ4n) is 2.26. The average Bonchev–Trinajstić information content (AvgIpc) is 2.78. The van der Waals surface area contributed by atoms with Gasteiger partial charge in [0.05, 0.1) is 18.1 Å². The normalized spacial score (nSPS) is 21.4. The lowest BCUT2D eigenvalue weighted by Crippen LogP contribution is -2.36. The SMILES string of the molecule is O=C1NC(=S)S/C1=C\c1ccccc1N1CCOCC1. The lowest BCUT2D eigenvalue weighted by molar-refractivity contribution is -0.115. The highest BCUT2D eigenvalue weighted by molar-refractivity contribution is 8.26. The Kier molecular flexibility index (Phi) is 4.05. The zero-order chi connectivity index (χ0) is 13.9. The van der Waals surface area contributed by atoms with E-state index in [0.29, 0.717) is 9.23 Å². The van der Waals surface area contributed by atoms with E-state index in [0.717, 1.165) is 37.6 Å². The summed E-state index contributed by atoms with van der Waals surface area (Å²) in [7, 11) is 0. The number of amides is 1. The molecule has 2 aliphatic rings. The zero-order valence-electron chi connectivity index (χ0n) is 10.8. The maximum absolute atomic E-state index is 11.8. The van der Waals surface area contributed by atoms with Crippen LogP contribution in [0.5, 0.6) is 0 Å². The summed E-state index contributed by atoms with van der Waals surface area (Å²) in [4.78, 5) is 14.7. The lowest BCUT2D eigenvalue weighted by Gasteiger charge is -2.30. The molecule has 2 fully saturated rings. The van der Waals surface area contributed by atoms with Crippen molar-refractivity contribution in [3.63, 3.8) is 0 Å². The predicted molar refractivity (Wildman–Crippen MR) is 85.8 cm³/mol. The van der Waals surface area contributed by atoms with Gasteiger partial charge in [-0.25, -0.2) is 0 Å². The minimum absolute atomic E-state index is 0.114. The molecule has 4 nitrogen and oxygen atoms in total. The number of nitrogens with one attached hydrogen (secondary N) is 1. The van der Waals surface area contributed by atoms with Gasteiger partial charge in [-0.1, -0.05) is 42.2 Å². The number of nitrogens with zero attached hydrogens (tertiary/aromatic N) is 1. The summed E-state index contributed by atoms with van der Waals surface area (Å²) >= 11 is 6.32. The Balaban J connectivity index is 1.91. The molecule has 1 aromatic carbocycles. The Morgan fingerprint density at radius 2 is 2.05 bits per heavy atom. The summed E-state index contributed by atoms with van der Waals surface area (Å²) in [5.41, 5.74) is 2.17. The molecular formula is C14H14N2O2S2. The number of para-hydroxylation sites is 1. The van der Waals surface area contributed by atoms with Gasteiger partial charge in [0.25, 0.3) is 5.91 Å². The van der Waals surface area contributed by atoms with Crippen LogP contribution < -0.4 is 10.2 Å². The molecule has 2 saturated heterocycles. The van der Waals surface area contributed by atoms with Crippen LogP contribution in [0.3, 0.4) is 0 Å². The molecule has 0 aromatic heterocycles. The molecular weight excluding hydrogens is 292 g/mol. The minimum atomic E-state index is -0.114. The molecule has 0 unspecified atom stereocenters. The smallest absolute Gasteiger partial charge is 0.263 e. The largest absolute Gasteiger partial charge is 0.378 e. The third-order valence-electron chi connectivity index (χ3n) is 3.22. The Labute approximate surface area is 127 Å². The van der Waals surface area contributed by atoms with Crippen molar-refractivity contribution in [3.05, 3.63) is 34.7 Å². The van der Waals surface area contributed by atoms with Crippen molar-refractivity contribution in [2.24, 2.45) is 0 Å². The number of thiocarbonyl (C=S) groups is 1. The number of morpholine rings is 1. The van der Waals surface area contributed by atoms with E-state index in [2.05, 4.69) is 16.3 Å². The Bertz CT molecular complexity index is 580. The van der Waals surface area contributed by atoms with Crippen LogP contribution in [0, 0.1) is 0 Å². The van der Waals surface area contributed by atoms with Crippen LogP contribution in [0.4, 0.5) is 5.69 Å².